The molecule has 1 aromatic heterocycles. The van der Waals surface area contributed by atoms with Crippen molar-refractivity contribution in [3.63, 3.8) is 0 Å². The Bertz CT molecular complexity index is 3270. The van der Waals surface area contributed by atoms with Crippen LogP contribution in [-0.2, 0) is 0 Å². The lowest BCUT2D eigenvalue weighted by Crippen LogP contribution is -2.11. The van der Waals surface area contributed by atoms with Crippen molar-refractivity contribution in [2.45, 2.75) is 0 Å². The predicted octanol–water partition coefficient (Wildman–Crippen LogP) is 15.4. The number of oxazole rings is 1. The van der Waals surface area contributed by atoms with Crippen molar-refractivity contribution in [1.29, 1.82) is 0 Å². The van der Waals surface area contributed by atoms with Crippen molar-refractivity contribution in [2.75, 3.05) is 4.90 Å². The molecule has 0 bridgehead atoms. The largest absolute Gasteiger partial charge is 0.435 e. The van der Waals surface area contributed by atoms with Gasteiger partial charge in [0, 0.05) is 27.9 Å². The van der Waals surface area contributed by atoms with Crippen LogP contribution in [0.4, 0.5) is 17.1 Å². The molecule has 0 aliphatic heterocycles. The molecule has 0 unspecified atom stereocenters. The number of aromatic nitrogens is 1. The van der Waals surface area contributed by atoms with Crippen molar-refractivity contribution >= 4 is 60.5 Å². The van der Waals surface area contributed by atoms with Gasteiger partial charge in [-0.1, -0.05) is 158 Å². The number of fused-ring (bicyclic) bond motifs is 6. The second-order valence-electron chi connectivity index (χ2n) is 14.7. The molecule has 0 aliphatic rings. The Morgan fingerprint density at radius 1 is 0.362 bits per heavy atom. The lowest BCUT2D eigenvalue weighted by atomic mass is 9.92. The molecule has 0 radical (unpaired) electrons. The molecule has 0 atom stereocenters. The number of para-hydroxylation sites is 2. The van der Waals surface area contributed by atoms with Crippen LogP contribution < -0.4 is 4.90 Å². The highest BCUT2D eigenvalue weighted by Gasteiger charge is 2.21. The Morgan fingerprint density at radius 2 is 1.00 bits per heavy atom. The van der Waals surface area contributed by atoms with Crippen LogP contribution in [0.1, 0.15) is 0 Å². The van der Waals surface area contributed by atoms with E-state index in [1.54, 1.807) is 0 Å². The minimum absolute atomic E-state index is 0.616. The summed E-state index contributed by atoms with van der Waals surface area (Å²) in [4.78, 5) is 7.37. The zero-order valence-electron chi connectivity index (χ0n) is 31.6. The van der Waals surface area contributed by atoms with Crippen LogP contribution in [0.2, 0.25) is 0 Å². The minimum Gasteiger partial charge on any atom is -0.435 e. The number of anilines is 3. The highest BCUT2D eigenvalue weighted by molar-refractivity contribution is 6.22. The summed E-state index contributed by atoms with van der Waals surface area (Å²) in [7, 11) is 0. The number of benzene rings is 10. The molecule has 0 aliphatic carbocycles. The van der Waals surface area contributed by atoms with E-state index < -0.39 is 0 Å². The average Bonchev–Trinajstić information content (AvgIpc) is 3.75. The van der Waals surface area contributed by atoms with E-state index in [4.69, 9.17) is 9.40 Å². The van der Waals surface area contributed by atoms with Crippen LogP contribution in [0.25, 0.3) is 88.3 Å². The molecule has 0 saturated carbocycles. The highest BCUT2D eigenvalue weighted by atomic mass is 16.3. The third-order valence-electron chi connectivity index (χ3n) is 11.2. The molecule has 0 N–H and O–H groups in total. The van der Waals surface area contributed by atoms with Gasteiger partial charge in [0.25, 0.3) is 0 Å². The van der Waals surface area contributed by atoms with Crippen molar-refractivity contribution in [3.05, 3.63) is 218 Å². The van der Waals surface area contributed by atoms with Gasteiger partial charge in [0.15, 0.2) is 5.58 Å². The normalized spacial score (nSPS) is 11.4. The minimum atomic E-state index is 0.616. The summed E-state index contributed by atoms with van der Waals surface area (Å²) in [5.41, 5.74) is 12.8. The fourth-order valence-corrected chi connectivity index (χ4v) is 8.56. The molecule has 0 spiro atoms. The van der Waals surface area contributed by atoms with Crippen molar-refractivity contribution < 1.29 is 4.42 Å². The molecule has 11 rings (SSSR count). The monoisotopic (exact) mass is 740 g/mol. The molecule has 3 nitrogen and oxygen atoms in total. The van der Waals surface area contributed by atoms with Crippen LogP contribution in [0.15, 0.2) is 223 Å². The van der Waals surface area contributed by atoms with Gasteiger partial charge < -0.3 is 9.32 Å². The molecule has 0 saturated heterocycles. The van der Waals surface area contributed by atoms with Gasteiger partial charge in [0.2, 0.25) is 5.89 Å². The summed E-state index contributed by atoms with van der Waals surface area (Å²) in [5, 5.41) is 6.88. The summed E-state index contributed by atoms with van der Waals surface area (Å²) in [6.07, 6.45) is 0. The molecule has 272 valence electrons. The third-order valence-corrected chi connectivity index (χ3v) is 11.2. The van der Waals surface area contributed by atoms with E-state index in [0.717, 1.165) is 66.4 Å². The highest BCUT2D eigenvalue weighted by Crippen LogP contribution is 2.46. The average molecular weight is 741 g/mol. The Kier molecular flexibility index (Phi) is 8.15. The fourth-order valence-electron chi connectivity index (χ4n) is 8.56. The maximum Gasteiger partial charge on any atom is 0.227 e. The quantitative estimate of drug-likeness (QED) is 0.152. The summed E-state index contributed by atoms with van der Waals surface area (Å²) >= 11 is 0. The van der Waals surface area contributed by atoms with Crippen LogP contribution in [0.5, 0.6) is 0 Å². The summed E-state index contributed by atoms with van der Waals surface area (Å²) in [6.45, 7) is 0. The Hall–Kier alpha value is -7.75. The van der Waals surface area contributed by atoms with Crippen molar-refractivity contribution in [3.8, 4) is 44.8 Å². The van der Waals surface area contributed by atoms with E-state index in [9.17, 15) is 0 Å². The van der Waals surface area contributed by atoms with E-state index >= 15 is 0 Å². The maximum absolute atomic E-state index is 6.72. The summed E-state index contributed by atoms with van der Waals surface area (Å²) in [6, 6.07) is 77.8. The molecule has 58 heavy (non-hydrogen) atoms. The lowest BCUT2D eigenvalue weighted by molar-refractivity contribution is 0.623. The Balaban J connectivity index is 1.15. The predicted molar refractivity (Wildman–Crippen MR) is 243 cm³/mol. The second kappa shape index (κ2) is 14.1. The Morgan fingerprint density at radius 3 is 1.83 bits per heavy atom. The fraction of sp³-hybridized carbons (Fsp3) is 0. The van der Waals surface area contributed by atoms with Crippen molar-refractivity contribution in [2.24, 2.45) is 0 Å². The van der Waals surface area contributed by atoms with Crippen LogP contribution in [-0.4, -0.2) is 4.98 Å². The van der Waals surface area contributed by atoms with Gasteiger partial charge in [-0.3, -0.25) is 0 Å². The first-order chi connectivity index (χ1) is 28.8. The molecular weight excluding hydrogens is 705 g/mol. The Labute approximate surface area is 336 Å². The van der Waals surface area contributed by atoms with Crippen LogP contribution in [0, 0.1) is 0 Å². The SMILES string of the molecule is c1ccc(-c2nc3ccc4cc(-c5ccccc5)c5ccc(N(c6ccccc6)c6ccccc6-c6cccc(-c7cccc8ccccc78)c6)cc5c4c3o2)cc1. The number of rotatable bonds is 7. The van der Waals surface area contributed by atoms with E-state index in [2.05, 4.69) is 193 Å². The van der Waals surface area contributed by atoms with E-state index in [1.807, 2.05) is 30.3 Å². The number of nitrogens with zero attached hydrogens (tertiary/aromatic N) is 2. The first kappa shape index (κ1) is 33.6. The van der Waals surface area contributed by atoms with Gasteiger partial charge in [0.1, 0.15) is 5.52 Å². The van der Waals surface area contributed by atoms with E-state index in [1.165, 1.54) is 33.0 Å². The van der Waals surface area contributed by atoms with Gasteiger partial charge in [-0.05, 0) is 115 Å². The van der Waals surface area contributed by atoms with Gasteiger partial charge in [-0.2, -0.15) is 0 Å². The molecule has 3 heteroatoms. The topological polar surface area (TPSA) is 29.3 Å². The smallest absolute Gasteiger partial charge is 0.227 e. The lowest BCUT2D eigenvalue weighted by Gasteiger charge is -2.28. The molecular formula is C55H36N2O. The van der Waals surface area contributed by atoms with Gasteiger partial charge in [-0.25, -0.2) is 4.98 Å². The standard InChI is InChI=1S/C55H36N2O/c1-4-16-38(17-5-1)49-35-42-30-33-51-54(58-55(56-51)39-19-6-2-7-20-39)53(42)50-36-44(31-32-48(49)50)57(43-24-8-3-9-25-43)52-29-13-12-27-47(52)41-23-14-22-40(34-41)46-28-15-21-37-18-10-11-26-45(37)46/h1-36H. The number of hydrogen-bond donors (Lipinski definition) is 0. The molecule has 1 heterocycles. The first-order valence-electron chi connectivity index (χ1n) is 19.7. The van der Waals surface area contributed by atoms with Crippen molar-refractivity contribution in [1.82, 2.24) is 4.98 Å². The van der Waals surface area contributed by atoms with E-state index in [-0.39, 0.29) is 0 Å². The van der Waals surface area contributed by atoms with Gasteiger partial charge in [0.05, 0.1) is 5.69 Å². The molecule has 0 fully saturated rings. The van der Waals surface area contributed by atoms with Crippen LogP contribution >= 0.6 is 0 Å². The second-order valence-corrected chi connectivity index (χ2v) is 14.7. The van der Waals surface area contributed by atoms with Gasteiger partial charge in [-0.15, -0.1) is 0 Å². The summed E-state index contributed by atoms with van der Waals surface area (Å²) < 4.78 is 6.72. The molecule has 0 amide bonds. The maximum atomic E-state index is 6.72. The third kappa shape index (κ3) is 5.80. The summed E-state index contributed by atoms with van der Waals surface area (Å²) in [5.74, 6) is 0.616. The first-order valence-corrected chi connectivity index (χ1v) is 19.7. The zero-order valence-corrected chi connectivity index (χ0v) is 31.6. The molecule has 11 aromatic rings. The van der Waals surface area contributed by atoms with E-state index in [0.29, 0.717) is 5.89 Å². The van der Waals surface area contributed by atoms with Crippen LogP contribution in [0.3, 0.4) is 0 Å². The molecule has 10 aromatic carbocycles. The number of hydrogen-bond acceptors (Lipinski definition) is 3. The zero-order chi connectivity index (χ0) is 38.4. The van der Waals surface area contributed by atoms with Gasteiger partial charge >= 0.3 is 0 Å².